The molecular formula is C10H24O4. The Balaban J connectivity index is 0. The number of hydrogen-bond acceptors (Lipinski definition) is 4. The third-order valence-electron chi connectivity index (χ3n) is 1.98. The van der Waals surface area contributed by atoms with Gasteiger partial charge in [0.1, 0.15) is 0 Å². The molecule has 0 aliphatic heterocycles. The van der Waals surface area contributed by atoms with E-state index < -0.39 is 0 Å². The summed E-state index contributed by atoms with van der Waals surface area (Å²) in [4.78, 5) is 0. The highest BCUT2D eigenvalue weighted by Gasteiger charge is 2.41. The summed E-state index contributed by atoms with van der Waals surface area (Å²) in [5, 5.41) is 31.0. The fourth-order valence-corrected chi connectivity index (χ4v) is 0.543. The van der Waals surface area contributed by atoms with E-state index in [1.54, 1.807) is 0 Å². The molecule has 2 aliphatic carbocycles. The fourth-order valence-electron chi connectivity index (χ4n) is 0.543. The molecule has 2 rings (SSSR count). The molecule has 0 heterocycles. The Bertz CT molecular complexity index is 91.5. The minimum Gasteiger partial charge on any atom is -0.400 e. The maximum atomic E-state index is 8.50. The summed E-state index contributed by atoms with van der Waals surface area (Å²) < 4.78 is 0. The molecule has 0 unspecified atom stereocenters. The number of aliphatic hydroxyl groups is 4. The largest absolute Gasteiger partial charge is 0.400 e. The van der Waals surface area contributed by atoms with Crippen molar-refractivity contribution >= 4 is 0 Å². The van der Waals surface area contributed by atoms with Gasteiger partial charge in [0.05, 0.1) is 13.2 Å². The topological polar surface area (TPSA) is 80.9 Å². The van der Waals surface area contributed by atoms with Crippen LogP contribution in [0.15, 0.2) is 0 Å². The predicted octanol–water partition coefficient (Wildman–Crippen LogP) is 0.138. The lowest BCUT2D eigenvalue weighted by atomic mass is 10.1. The van der Waals surface area contributed by atoms with Crippen molar-refractivity contribution in [3.05, 3.63) is 0 Å². The monoisotopic (exact) mass is 208 g/mol. The van der Waals surface area contributed by atoms with Gasteiger partial charge in [0.15, 0.2) is 0 Å². The first kappa shape index (κ1) is 16.3. The van der Waals surface area contributed by atoms with Crippen LogP contribution in [0.3, 0.4) is 0 Å². The van der Waals surface area contributed by atoms with Gasteiger partial charge >= 0.3 is 0 Å². The van der Waals surface area contributed by atoms with Gasteiger partial charge in [-0.15, -0.1) is 0 Å². The van der Waals surface area contributed by atoms with E-state index in [1.807, 2.05) is 0 Å². The molecule has 0 bridgehead atoms. The van der Waals surface area contributed by atoms with Gasteiger partial charge in [-0.25, -0.2) is 0 Å². The smallest absolute Gasteiger partial charge is 0.0509 e. The van der Waals surface area contributed by atoms with Crippen molar-refractivity contribution in [2.45, 2.75) is 32.1 Å². The van der Waals surface area contributed by atoms with E-state index in [4.69, 9.17) is 20.4 Å². The summed E-state index contributed by atoms with van der Waals surface area (Å²) in [6, 6.07) is 0. The van der Waals surface area contributed by atoms with Crippen LogP contribution in [0, 0.1) is 5.41 Å². The van der Waals surface area contributed by atoms with Crippen LogP contribution in [0.5, 0.6) is 0 Å². The van der Waals surface area contributed by atoms with Crippen LogP contribution in [0.1, 0.15) is 32.1 Å². The van der Waals surface area contributed by atoms with Gasteiger partial charge in [0, 0.05) is 19.6 Å². The number of aliphatic hydroxyl groups excluding tert-OH is 4. The van der Waals surface area contributed by atoms with E-state index in [0.717, 1.165) is 27.1 Å². The first-order chi connectivity index (χ1) is 6.83. The van der Waals surface area contributed by atoms with Crippen LogP contribution in [-0.2, 0) is 0 Å². The summed E-state index contributed by atoms with van der Waals surface area (Å²) in [7, 11) is 2.00. The average Bonchev–Trinajstić information content (AvgIpc) is 3.16. The van der Waals surface area contributed by atoms with Crippen LogP contribution in [0.4, 0.5) is 0 Å². The normalized spacial score (nSPS) is 18.4. The van der Waals surface area contributed by atoms with Crippen molar-refractivity contribution in [2.75, 3.05) is 27.4 Å². The van der Waals surface area contributed by atoms with E-state index in [9.17, 15) is 0 Å². The summed E-state index contributed by atoms with van der Waals surface area (Å²) in [5.74, 6) is 0. The maximum Gasteiger partial charge on any atom is 0.0509 e. The molecule has 0 aromatic rings. The maximum absolute atomic E-state index is 8.50. The van der Waals surface area contributed by atoms with Gasteiger partial charge in [-0.05, 0) is 12.8 Å². The second kappa shape index (κ2) is 10.9. The molecule has 0 atom stereocenters. The quantitative estimate of drug-likeness (QED) is 0.520. The van der Waals surface area contributed by atoms with Crippen LogP contribution >= 0.6 is 0 Å². The minimum absolute atomic E-state index is 0.0556. The SMILES string of the molecule is C1CC1.CO.CO.OCC1(CO)CC1. The zero-order valence-corrected chi connectivity index (χ0v) is 9.24. The zero-order chi connectivity index (χ0) is 11.4. The highest BCUT2D eigenvalue weighted by Crippen LogP contribution is 2.44. The van der Waals surface area contributed by atoms with Gasteiger partial charge in [0.2, 0.25) is 0 Å². The van der Waals surface area contributed by atoms with E-state index >= 15 is 0 Å². The molecule has 4 heteroatoms. The van der Waals surface area contributed by atoms with E-state index in [2.05, 4.69) is 0 Å². The van der Waals surface area contributed by atoms with Crippen molar-refractivity contribution in [2.24, 2.45) is 5.41 Å². The minimum atomic E-state index is -0.0556. The highest BCUT2D eigenvalue weighted by molar-refractivity contribution is 4.91. The Morgan fingerprint density at radius 1 is 0.786 bits per heavy atom. The predicted molar refractivity (Wildman–Crippen MR) is 56.0 cm³/mol. The van der Waals surface area contributed by atoms with Gasteiger partial charge in [0.25, 0.3) is 0 Å². The molecule has 2 aliphatic rings. The van der Waals surface area contributed by atoms with Crippen LogP contribution < -0.4 is 0 Å². The zero-order valence-electron chi connectivity index (χ0n) is 9.24. The van der Waals surface area contributed by atoms with Gasteiger partial charge in [-0.2, -0.15) is 0 Å². The second-order valence-electron chi connectivity index (χ2n) is 3.38. The summed E-state index contributed by atoms with van der Waals surface area (Å²) in [6.07, 6.45) is 6.50. The third kappa shape index (κ3) is 9.92. The third-order valence-corrected chi connectivity index (χ3v) is 1.98. The van der Waals surface area contributed by atoms with E-state index in [1.165, 1.54) is 19.3 Å². The van der Waals surface area contributed by atoms with Gasteiger partial charge < -0.3 is 20.4 Å². The van der Waals surface area contributed by atoms with Gasteiger partial charge in [-0.1, -0.05) is 19.3 Å². The van der Waals surface area contributed by atoms with Crippen molar-refractivity contribution < 1.29 is 20.4 Å². The summed E-state index contributed by atoms with van der Waals surface area (Å²) in [6.45, 7) is 0.312. The Labute approximate surface area is 86.2 Å². The standard InChI is InChI=1S/C5H10O2.C3H6.2CH4O/c6-3-5(4-7)1-2-5;1-2-3-1;2*1-2/h6-7H,1-4H2;1-3H2;2*2H,1H3. The lowest BCUT2D eigenvalue weighted by Gasteiger charge is -2.02. The molecule has 0 saturated heterocycles. The first-order valence-electron chi connectivity index (χ1n) is 4.94. The molecular weight excluding hydrogens is 184 g/mol. The van der Waals surface area contributed by atoms with Crippen LogP contribution in [0.2, 0.25) is 0 Å². The summed E-state index contributed by atoms with van der Waals surface area (Å²) in [5.41, 5.74) is -0.0556. The Morgan fingerprint density at radius 3 is 1.07 bits per heavy atom. The Morgan fingerprint density at radius 2 is 1.07 bits per heavy atom. The molecule has 4 nitrogen and oxygen atoms in total. The lowest BCUT2D eigenvalue weighted by molar-refractivity contribution is 0.134. The molecule has 0 spiro atoms. The molecule has 0 amide bonds. The van der Waals surface area contributed by atoms with E-state index in [-0.39, 0.29) is 18.6 Å². The van der Waals surface area contributed by atoms with Crippen molar-refractivity contribution in [1.82, 2.24) is 0 Å². The molecule has 0 aromatic heterocycles. The number of hydrogen-bond donors (Lipinski definition) is 4. The van der Waals surface area contributed by atoms with Crippen molar-refractivity contribution in [3.63, 3.8) is 0 Å². The summed E-state index contributed by atoms with van der Waals surface area (Å²) >= 11 is 0. The molecule has 88 valence electrons. The van der Waals surface area contributed by atoms with E-state index in [0.29, 0.717) is 0 Å². The van der Waals surface area contributed by atoms with Crippen LogP contribution in [0.25, 0.3) is 0 Å². The first-order valence-corrected chi connectivity index (χ1v) is 4.94. The van der Waals surface area contributed by atoms with Crippen molar-refractivity contribution in [3.8, 4) is 0 Å². The molecule has 4 N–H and O–H groups in total. The highest BCUT2D eigenvalue weighted by atomic mass is 16.3. The molecule has 14 heavy (non-hydrogen) atoms. The second-order valence-corrected chi connectivity index (χ2v) is 3.38. The lowest BCUT2D eigenvalue weighted by Crippen LogP contribution is -2.10. The molecule has 2 saturated carbocycles. The van der Waals surface area contributed by atoms with Crippen LogP contribution in [-0.4, -0.2) is 47.9 Å². The molecule has 0 aromatic carbocycles. The Hall–Kier alpha value is -0.160. The number of rotatable bonds is 2. The Kier molecular flexibility index (Phi) is 12.7. The van der Waals surface area contributed by atoms with Crippen molar-refractivity contribution in [1.29, 1.82) is 0 Å². The molecule has 0 radical (unpaired) electrons. The van der Waals surface area contributed by atoms with Gasteiger partial charge in [-0.3, -0.25) is 0 Å². The average molecular weight is 208 g/mol. The fraction of sp³-hybridized carbons (Fsp3) is 1.00. The molecule has 2 fully saturated rings.